The van der Waals surface area contributed by atoms with Crippen LogP contribution < -0.4 is 10.6 Å². The summed E-state index contributed by atoms with van der Waals surface area (Å²) in [7, 11) is 0. The van der Waals surface area contributed by atoms with E-state index in [1.807, 2.05) is 13.0 Å². The zero-order valence-electron chi connectivity index (χ0n) is 15.2. The molecule has 23 heavy (non-hydrogen) atoms. The van der Waals surface area contributed by atoms with E-state index in [4.69, 9.17) is 9.26 Å². The summed E-state index contributed by atoms with van der Waals surface area (Å²) >= 11 is 0. The lowest BCUT2D eigenvalue weighted by Gasteiger charge is -2.21. The first-order valence-electron chi connectivity index (χ1n) is 8.68. The van der Waals surface area contributed by atoms with Crippen LogP contribution in [0.4, 0.5) is 0 Å². The molecule has 1 unspecified atom stereocenters. The predicted molar refractivity (Wildman–Crippen MR) is 93.6 cm³/mol. The Morgan fingerprint density at radius 1 is 1.30 bits per heavy atom. The first-order chi connectivity index (χ1) is 11.1. The van der Waals surface area contributed by atoms with E-state index in [0.29, 0.717) is 12.5 Å². The molecule has 0 aliphatic rings. The highest BCUT2D eigenvalue weighted by molar-refractivity contribution is 5.79. The molecule has 1 rings (SSSR count). The third-order valence-corrected chi connectivity index (χ3v) is 3.55. The Hall–Kier alpha value is -1.56. The van der Waals surface area contributed by atoms with Crippen LogP contribution in [0.25, 0.3) is 0 Å². The van der Waals surface area contributed by atoms with Crippen LogP contribution in [0, 0.1) is 5.92 Å². The summed E-state index contributed by atoms with van der Waals surface area (Å²) < 4.78 is 11.0. The van der Waals surface area contributed by atoms with Crippen molar-refractivity contribution in [2.45, 2.75) is 60.1 Å². The van der Waals surface area contributed by atoms with Gasteiger partial charge in [-0.2, -0.15) is 0 Å². The molecule has 0 aromatic carbocycles. The Kier molecular flexibility index (Phi) is 9.36. The maximum absolute atomic E-state index is 5.77. The number of nitrogens with zero attached hydrogens (tertiary/aromatic N) is 2. The van der Waals surface area contributed by atoms with E-state index in [9.17, 15) is 0 Å². The maximum Gasteiger partial charge on any atom is 0.191 e. The van der Waals surface area contributed by atoms with E-state index >= 15 is 0 Å². The van der Waals surface area contributed by atoms with Crippen LogP contribution >= 0.6 is 0 Å². The van der Waals surface area contributed by atoms with Crippen molar-refractivity contribution in [3.8, 4) is 0 Å². The molecule has 0 amide bonds. The molecule has 1 heterocycles. The summed E-state index contributed by atoms with van der Waals surface area (Å²) in [6.45, 7) is 13.4. The van der Waals surface area contributed by atoms with Crippen molar-refractivity contribution in [1.82, 2.24) is 15.8 Å². The van der Waals surface area contributed by atoms with E-state index < -0.39 is 0 Å². The molecule has 6 nitrogen and oxygen atoms in total. The molecule has 2 N–H and O–H groups in total. The van der Waals surface area contributed by atoms with Gasteiger partial charge in [-0.1, -0.05) is 25.9 Å². The lowest BCUT2D eigenvalue weighted by Crippen LogP contribution is -2.39. The van der Waals surface area contributed by atoms with E-state index in [1.165, 1.54) is 0 Å². The lowest BCUT2D eigenvalue weighted by atomic mass is 10.0. The fraction of sp³-hybridized carbons (Fsp3) is 0.765. The largest absolute Gasteiger partial charge is 0.378 e. The normalized spacial score (nSPS) is 13.4. The highest BCUT2D eigenvalue weighted by Gasteiger charge is 2.13. The fourth-order valence-electron chi connectivity index (χ4n) is 2.25. The predicted octanol–water partition coefficient (Wildman–Crippen LogP) is 2.74. The molecular weight excluding hydrogens is 292 g/mol. The van der Waals surface area contributed by atoms with Gasteiger partial charge < -0.3 is 19.9 Å². The van der Waals surface area contributed by atoms with Crippen LogP contribution in [0.5, 0.6) is 0 Å². The minimum absolute atomic E-state index is 0.275. The highest BCUT2D eigenvalue weighted by Crippen LogP contribution is 2.10. The van der Waals surface area contributed by atoms with Crippen molar-refractivity contribution in [3.63, 3.8) is 0 Å². The molecule has 0 spiro atoms. The van der Waals surface area contributed by atoms with E-state index in [-0.39, 0.29) is 6.10 Å². The Labute approximate surface area is 140 Å². The SMILES string of the molecule is CCNC(=NCc1cc(CC)no1)NCCC(OCC)C(C)C. The zero-order chi connectivity index (χ0) is 17.1. The van der Waals surface area contributed by atoms with Gasteiger partial charge in [0.05, 0.1) is 11.8 Å². The first kappa shape index (κ1) is 19.5. The smallest absolute Gasteiger partial charge is 0.191 e. The van der Waals surface area contributed by atoms with Crippen LogP contribution in [0.2, 0.25) is 0 Å². The van der Waals surface area contributed by atoms with Gasteiger partial charge in [0.25, 0.3) is 0 Å². The summed E-state index contributed by atoms with van der Waals surface area (Å²) in [4.78, 5) is 4.54. The van der Waals surface area contributed by atoms with Gasteiger partial charge in [0.1, 0.15) is 6.54 Å². The minimum Gasteiger partial charge on any atom is -0.378 e. The lowest BCUT2D eigenvalue weighted by molar-refractivity contribution is 0.0258. The molecule has 0 saturated heterocycles. The zero-order valence-corrected chi connectivity index (χ0v) is 15.2. The van der Waals surface area contributed by atoms with Crippen molar-refractivity contribution in [2.24, 2.45) is 10.9 Å². The average Bonchev–Trinajstić information content (AvgIpc) is 2.99. The summed E-state index contributed by atoms with van der Waals surface area (Å²) in [5.74, 6) is 2.09. The Bertz CT molecular complexity index is 457. The maximum atomic E-state index is 5.77. The number of aliphatic imine (C=N–C) groups is 1. The van der Waals surface area contributed by atoms with E-state index in [2.05, 4.69) is 48.5 Å². The number of rotatable bonds is 10. The number of nitrogens with one attached hydrogen (secondary N) is 2. The van der Waals surface area contributed by atoms with E-state index in [1.54, 1.807) is 0 Å². The molecular formula is C17H32N4O2. The van der Waals surface area contributed by atoms with Crippen LogP contribution in [0.15, 0.2) is 15.6 Å². The molecule has 0 bridgehead atoms. The van der Waals surface area contributed by atoms with Gasteiger partial charge in [0.15, 0.2) is 11.7 Å². The number of ether oxygens (including phenoxy) is 1. The van der Waals surface area contributed by atoms with Crippen molar-refractivity contribution < 1.29 is 9.26 Å². The fourth-order valence-corrected chi connectivity index (χ4v) is 2.25. The second-order valence-corrected chi connectivity index (χ2v) is 5.79. The molecule has 1 aromatic rings. The second kappa shape index (κ2) is 11.0. The summed E-state index contributed by atoms with van der Waals surface area (Å²) in [6.07, 6.45) is 2.11. The molecule has 1 aromatic heterocycles. The van der Waals surface area contributed by atoms with Gasteiger partial charge in [0, 0.05) is 25.8 Å². The Balaban J connectivity index is 2.48. The number of hydrogen-bond donors (Lipinski definition) is 2. The summed E-state index contributed by atoms with van der Waals surface area (Å²) in [5.41, 5.74) is 0.963. The Morgan fingerprint density at radius 3 is 2.65 bits per heavy atom. The molecule has 0 radical (unpaired) electrons. The molecule has 0 saturated carbocycles. The molecule has 132 valence electrons. The van der Waals surface area contributed by atoms with Crippen LogP contribution in [-0.4, -0.2) is 36.9 Å². The highest BCUT2D eigenvalue weighted by atomic mass is 16.5. The third kappa shape index (κ3) is 7.50. The standard InChI is InChI=1S/C17H32N4O2/c1-6-14-11-15(23-21-14)12-20-17(18-7-2)19-10-9-16(13(4)5)22-8-3/h11,13,16H,6-10,12H2,1-5H3,(H2,18,19,20). The van der Waals surface area contributed by atoms with Crippen LogP contribution in [0.1, 0.15) is 52.5 Å². The number of aromatic nitrogens is 1. The van der Waals surface area contributed by atoms with Gasteiger partial charge >= 0.3 is 0 Å². The molecule has 0 aliphatic heterocycles. The van der Waals surface area contributed by atoms with Gasteiger partial charge in [-0.3, -0.25) is 0 Å². The number of aryl methyl sites for hydroxylation is 1. The van der Waals surface area contributed by atoms with Gasteiger partial charge in [0.2, 0.25) is 0 Å². The first-order valence-corrected chi connectivity index (χ1v) is 8.68. The molecule has 6 heteroatoms. The number of hydrogen-bond acceptors (Lipinski definition) is 4. The Morgan fingerprint density at radius 2 is 2.09 bits per heavy atom. The molecule has 0 aliphatic carbocycles. The van der Waals surface area contributed by atoms with Crippen LogP contribution in [0.3, 0.4) is 0 Å². The van der Waals surface area contributed by atoms with Crippen LogP contribution in [-0.2, 0) is 17.7 Å². The van der Waals surface area contributed by atoms with E-state index in [0.717, 1.165) is 50.0 Å². The van der Waals surface area contributed by atoms with Gasteiger partial charge in [-0.15, -0.1) is 0 Å². The molecule has 0 fully saturated rings. The summed E-state index contributed by atoms with van der Waals surface area (Å²) in [5, 5.41) is 10.6. The van der Waals surface area contributed by atoms with Crippen molar-refractivity contribution >= 4 is 5.96 Å². The monoisotopic (exact) mass is 324 g/mol. The number of guanidine groups is 1. The average molecular weight is 324 g/mol. The van der Waals surface area contributed by atoms with Gasteiger partial charge in [-0.05, 0) is 32.6 Å². The third-order valence-electron chi connectivity index (χ3n) is 3.55. The topological polar surface area (TPSA) is 71.7 Å². The van der Waals surface area contributed by atoms with Crippen molar-refractivity contribution in [3.05, 3.63) is 17.5 Å². The minimum atomic E-state index is 0.275. The quantitative estimate of drug-likeness (QED) is 0.511. The molecule has 1 atom stereocenters. The summed E-state index contributed by atoms with van der Waals surface area (Å²) in [6, 6.07) is 1.96. The van der Waals surface area contributed by atoms with Crippen molar-refractivity contribution in [2.75, 3.05) is 19.7 Å². The second-order valence-electron chi connectivity index (χ2n) is 5.79. The van der Waals surface area contributed by atoms with Gasteiger partial charge in [-0.25, -0.2) is 4.99 Å². The van der Waals surface area contributed by atoms with Crippen molar-refractivity contribution in [1.29, 1.82) is 0 Å².